The number of nitro benzene ring substituents is 1. The maximum Gasteiger partial charge on any atom is 0.338 e. The summed E-state index contributed by atoms with van der Waals surface area (Å²) in [5.41, 5.74) is 2.06. The number of hydrogen-bond donors (Lipinski definition) is 0. The molecule has 0 amide bonds. The Morgan fingerprint density at radius 3 is 2.62 bits per heavy atom. The highest BCUT2D eigenvalue weighted by molar-refractivity contribution is 9.10. The van der Waals surface area contributed by atoms with Crippen LogP contribution in [0.1, 0.15) is 36.1 Å². The second-order valence-electron chi connectivity index (χ2n) is 9.23. The number of hydrogen-bond acceptors (Lipinski definition) is 8. The Hall–Kier alpha value is -4.06. The summed E-state index contributed by atoms with van der Waals surface area (Å²) >= 11 is 10.6. The molecule has 1 atom stereocenters. The van der Waals surface area contributed by atoms with Crippen molar-refractivity contribution >= 4 is 56.6 Å². The zero-order chi connectivity index (χ0) is 30.0. The number of rotatable bonds is 8. The zero-order valence-corrected chi connectivity index (χ0v) is 25.5. The molecule has 0 radical (unpaired) electrons. The van der Waals surface area contributed by atoms with Crippen molar-refractivity contribution in [2.24, 2.45) is 4.99 Å². The third-order valence-electron chi connectivity index (χ3n) is 6.58. The second kappa shape index (κ2) is 12.4. The van der Waals surface area contributed by atoms with E-state index in [0.29, 0.717) is 42.1 Å². The van der Waals surface area contributed by atoms with Crippen molar-refractivity contribution in [3.63, 3.8) is 0 Å². The summed E-state index contributed by atoms with van der Waals surface area (Å²) in [6.45, 7) is 1.95. The van der Waals surface area contributed by atoms with Gasteiger partial charge in [0.1, 0.15) is 6.61 Å². The number of benzene rings is 3. The summed E-state index contributed by atoms with van der Waals surface area (Å²) in [5, 5.41) is 12.5. The second-order valence-corrected chi connectivity index (χ2v) is 11.5. The van der Waals surface area contributed by atoms with Gasteiger partial charge in [-0.25, -0.2) is 9.79 Å². The summed E-state index contributed by atoms with van der Waals surface area (Å²) in [4.78, 5) is 43.3. The number of esters is 1. The van der Waals surface area contributed by atoms with Crippen LogP contribution in [0.2, 0.25) is 5.02 Å². The van der Waals surface area contributed by atoms with Crippen molar-refractivity contribution in [1.82, 2.24) is 4.57 Å². The van der Waals surface area contributed by atoms with E-state index < -0.39 is 16.9 Å². The van der Waals surface area contributed by atoms with Crippen molar-refractivity contribution in [3.8, 4) is 5.75 Å². The lowest BCUT2D eigenvalue weighted by Crippen LogP contribution is -2.40. The Kier molecular flexibility index (Phi) is 8.72. The first kappa shape index (κ1) is 29.4. The molecule has 0 spiro atoms. The Morgan fingerprint density at radius 2 is 1.95 bits per heavy atom. The lowest BCUT2D eigenvalue weighted by molar-refractivity contribution is -0.386. The van der Waals surface area contributed by atoms with Gasteiger partial charge in [0.25, 0.3) is 5.56 Å². The summed E-state index contributed by atoms with van der Waals surface area (Å²) < 4.78 is 13.0. The minimum atomic E-state index is -0.740. The molecular weight excluding hydrogens is 646 g/mol. The van der Waals surface area contributed by atoms with Gasteiger partial charge in [-0.2, -0.15) is 0 Å². The van der Waals surface area contributed by atoms with Gasteiger partial charge in [0, 0.05) is 11.1 Å². The molecule has 0 saturated heterocycles. The van der Waals surface area contributed by atoms with Gasteiger partial charge in [0.2, 0.25) is 5.75 Å². The van der Waals surface area contributed by atoms with Crippen LogP contribution in [0.15, 0.2) is 92.3 Å². The van der Waals surface area contributed by atoms with Crippen molar-refractivity contribution in [2.75, 3.05) is 7.11 Å². The number of nitrogens with zero attached hydrogens (tertiary/aromatic N) is 3. The number of methoxy groups -OCH3 is 1. The molecule has 4 aromatic rings. The first-order valence-corrected chi connectivity index (χ1v) is 14.7. The monoisotopic (exact) mass is 667 g/mol. The molecular formula is C30H23BrClN3O6S. The van der Waals surface area contributed by atoms with E-state index in [-0.39, 0.29) is 23.6 Å². The molecule has 5 rings (SSSR count). The van der Waals surface area contributed by atoms with Gasteiger partial charge in [-0.1, -0.05) is 72.3 Å². The van der Waals surface area contributed by atoms with Crippen LogP contribution < -0.4 is 19.6 Å². The number of fused-ring (bicyclic) bond motifs is 1. The standard InChI is InChI=1S/C30H23BrClN3O6S/c1-3-22-25(29(37)40-2)26(19-9-5-4-6-10-19)34-28(36)24(42-30(34)33-22)15-18-13-21(31)27(23(14-18)35(38)39)41-16-17-8-7-11-20(32)12-17/h4-15,26H,3,16H2,1-2H3/b24-15+/t26-/m1/s1. The van der Waals surface area contributed by atoms with Crippen LogP contribution in [-0.2, 0) is 16.1 Å². The SMILES string of the molecule is CCC1=C(C(=O)OC)[C@@H](c2ccccc2)n2c(s/c(=C/c3cc(Br)c(OCc4cccc(Cl)c4)c([N+](=O)[O-])c3)c2=O)=N1. The maximum absolute atomic E-state index is 13.8. The van der Waals surface area contributed by atoms with E-state index in [4.69, 9.17) is 21.1 Å². The van der Waals surface area contributed by atoms with E-state index in [1.165, 1.54) is 17.7 Å². The predicted molar refractivity (Wildman–Crippen MR) is 163 cm³/mol. The van der Waals surface area contributed by atoms with Crippen LogP contribution in [0.3, 0.4) is 0 Å². The largest absolute Gasteiger partial charge is 0.481 e. The van der Waals surface area contributed by atoms with Crippen LogP contribution in [-0.4, -0.2) is 22.6 Å². The Labute approximate surface area is 257 Å². The molecule has 0 N–H and O–H groups in total. The summed E-state index contributed by atoms with van der Waals surface area (Å²) in [7, 11) is 1.29. The average molecular weight is 669 g/mol. The molecule has 0 fully saturated rings. The number of carbonyl (C=O) groups is 1. The van der Waals surface area contributed by atoms with Gasteiger partial charge in [0.05, 0.1) is 38.4 Å². The molecule has 42 heavy (non-hydrogen) atoms. The van der Waals surface area contributed by atoms with Gasteiger partial charge < -0.3 is 9.47 Å². The van der Waals surface area contributed by atoms with Crippen molar-refractivity contribution in [2.45, 2.75) is 26.0 Å². The van der Waals surface area contributed by atoms with E-state index in [2.05, 4.69) is 20.9 Å². The fourth-order valence-corrected chi connectivity index (χ4v) is 6.52. The molecule has 3 aromatic carbocycles. The number of nitro groups is 1. The van der Waals surface area contributed by atoms with Crippen LogP contribution in [0.5, 0.6) is 5.75 Å². The highest BCUT2D eigenvalue weighted by Crippen LogP contribution is 2.37. The lowest BCUT2D eigenvalue weighted by atomic mass is 9.95. The molecule has 0 saturated carbocycles. The molecule has 0 unspecified atom stereocenters. The Balaban J connectivity index is 1.61. The van der Waals surface area contributed by atoms with Gasteiger partial charge in [-0.15, -0.1) is 0 Å². The number of halogens is 2. The van der Waals surface area contributed by atoms with Crippen molar-refractivity contribution < 1.29 is 19.2 Å². The van der Waals surface area contributed by atoms with E-state index in [9.17, 15) is 19.7 Å². The van der Waals surface area contributed by atoms with Gasteiger partial charge in [0.15, 0.2) is 4.80 Å². The minimum absolute atomic E-state index is 0.0537. The highest BCUT2D eigenvalue weighted by Gasteiger charge is 2.33. The van der Waals surface area contributed by atoms with Gasteiger partial charge >= 0.3 is 11.7 Å². The number of allylic oxidation sites excluding steroid dienone is 1. The van der Waals surface area contributed by atoms with Crippen LogP contribution in [0, 0.1) is 10.1 Å². The van der Waals surface area contributed by atoms with Crippen LogP contribution >= 0.6 is 38.9 Å². The number of ether oxygens (including phenoxy) is 2. The van der Waals surface area contributed by atoms with Gasteiger partial charge in [-0.05, 0) is 63.3 Å². The van der Waals surface area contributed by atoms with Crippen LogP contribution in [0.4, 0.5) is 5.69 Å². The molecule has 12 heteroatoms. The topological polar surface area (TPSA) is 113 Å². The number of aromatic nitrogens is 1. The first-order valence-electron chi connectivity index (χ1n) is 12.7. The summed E-state index contributed by atoms with van der Waals surface area (Å²) in [6, 6.07) is 18.5. The molecule has 0 aliphatic carbocycles. The normalized spacial score (nSPS) is 14.8. The molecule has 1 aliphatic rings. The fourth-order valence-electron chi connectivity index (χ4n) is 4.71. The lowest BCUT2D eigenvalue weighted by Gasteiger charge is -2.25. The third-order valence-corrected chi connectivity index (χ3v) is 8.39. The predicted octanol–water partition coefficient (Wildman–Crippen LogP) is 5.70. The van der Waals surface area contributed by atoms with E-state index in [0.717, 1.165) is 22.5 Å². The number of thiazole rings is 1. The third kappa shape index (κ3) is 5.80. The van der Waals surface area contributed by atoms with E-state index in [1.807, 2.05) is 37.3 Å². The average Bonchev–Trinajstić information content (AvgIpc) is 3.29. The molecule has 214 valence electrons. The fraction of sp³-hybridized carbons (Fsp3) is 0.167. The Morgan fingerprint density at radius 1 is 1.19 bits per heavy atom. The smallest absolute Gasteiger partial charge is 0.338 e. The van der Waals surface area contributed by atoms with E-state index in [1.54, 1.807) is 36.4 Å². The Bertz CT molecular complexity index is 1920. The quantitative estimate of drug-likeness (QED) is 0.135. The van der Waals surface area contributed by atoms with Crippen molar-refractivity contribution in [3.05, 3.63) is 134 Å². The molecule has 9 nitrogen and oxygen atoms in total. The molecule has 0 bridgehead atoms. The summed E-state index contributed by atoms with van der Waals surface area (Å²) in [5.74, 6) is -0.510. The highest BCUT2D eigenvalue weighted by atomic mass is 79.9. The maximum atomic E-state index is 13.8. The van der Waals surface area contributed by atoms with E-state index >= 15 is 0 Å². The first-order chi connectivity index (χ1) is 20.2. The van der Waals surface area contributed by atoms with Gasteiger partial charge in [-0.3, -0.25) is 19.5 Å². The van der Waals surface area contributed by atoms with Crippen molar-refractivity contribution in [1.29, 1.82) is 0 Å². The minimum Gasteiger partial charge on any atom is -0.481 e. The van der Waals surface area contributed by atoms with Crippen LogP contribution in [0.25, 0.3) is 6.08 Å². The summed E-state index contributed by atoms with van der Waals surface area (Å²) in [6.07, 6.45) is 2.02. The zero-order valence-electron chi connectivity index (χ0n) is 22.4. The molecule has 2 heterocycles. The number of carbonyl (C=O) groups excluding carboxylic acids is 1. The molecule has 1 aliphatic heterocycles. The molecule has 1 aromatic heterocycles.